The van der Waals surface area contributed by atoms with E-state index in [1.165, 1.54) is 21.8 Å². The zero-order chi connectivity index (χ0) is 44.1. The Morgan fingerprint density at radius 2 is 1.39 bits per heavy atom. The third-order valence-electron chi connectivity index (χ3n) is 8.75. The van der Waals surface area contributed by atoms with Gasteiger partial charge in [-0.25, -0.2) is 38.2 Å². The molecule has 0 saturated carbocycles. The number of aliphatic hydroxyl groups excluding tert-OH is 1. The molecule has 0 spiro atoms. The maximum atomic E-state index is 13.7. The molecule has 6 heterocycles. The van der Waals surface area contributed by atoms with Gasteiger partial charge in [0.05, 0.1) is 25.9 Å². The molecule has 0 aliphatic carbocycles. The average molecular weight is 943 g/mol. The molecule has 0 radical (unpaired) electrons. The van der Waals surface area contributed by atoms with E-state index in [-0.39, 0.29) is 39.8 Å². The number of anilines is 2. The van der Waals surface area contributed by atoms with Crippen molar-refractivity contribution in [1.82, 2.24) is 39.0 Å². The molecule has 5 aromatic rings. The quantitative estimate of drug-likeness (QED) is 0.0535. The number of rotatable bonds is 17. The number of nitrogen functional groups attached to an aromatic ring is 2. The number of nitrogens with zero attached hydrogens (tertiary/aromatic N) is 7. The summed E-state index contributed by atoms with van der Waals surface area (Å²) in [7, 11) is -21.7. The Kier molecular flexibility index (Phi) is 12.7. The smallest absolute Gasteiger partial charge is 0.483 e. The second kappa shape index (κ2) is 17.2. The molecule has 2 aliphatic rings. The first-order valence-electron chi connectivity index (χ1n) is 17.0. The van der Waals surface area contributed by atoms with Crippen LogP contribution in [0.2, 0.25) is 0 Å². The van der Waals surface area contributed by atoms with Crippen LogP contribution in [0.5, 0.6) is 5.75 Å². The summed E-state index contributed by atoms with van der Waals surface area (Å²) < 4.78 is 98.5. The number of aromatic nitrogens is 8. The van der Waals surface area contributed by atoms with Gasteiger partial charge < -0.3 is 60.0 Å². The molecule has 61 heavy (non-hydrogen) atoms. The topological polar surface area (TPSA) is 432 Å². The first-order valence-corrected chi connectivity index (χ1v) is 23.0. The third kappa shape index (κ3) is 10.1. The normalized spacial score (nSPS) is 27.5. The molecule has 7 rings (SSSR count). The molecule has 3 unspecified atom stereocenters. The molecule has 30 nitrogen and oxygen atoms in total. The Morgan fingerprint density at radius 3 is 2.08 bits per heavy atom. The summed E-state index contributed by atoms with van der Waals surface area (Å²) in [5, 5.41) is 11.5. The Balaban J connectivity index is 1.13. The highest BCUT2D eigenvalue weighted by Gasteiger charge is 2.53. The van der Waals surface area contributed by atoms with E-state index in [1.807, 2.05) is 0 Å². The Morgan fingerprint density at radius 1 is 0.770 bits per heavy atom. The van der Waals surface area contributed by atoms with E-state index in [2.05, 4.69) is 38.5 Å². The zero-order valence-electron chi connectivity index (χ0n) is 30.6. The van der Waals surface area contributed by atoms with Gasteiger partial charge in [0.2, 0.25) is 5.95 Å². The number of phosphoric acid groups is 4. The fraction of sp³-hybridized carbons (Fsp3) is 0.407. The number of aliphatic hydroxyl groups is 1. The fourth-order valence-electron chi connectivity index (χ4n) is 6.32. The van der Waals surface area contributed by atoms with E-state index in [0.717, 1.165) is 13.4 Å². The molecule has 4 aromatic heterocycles. The lowest BCUT2D eigenvalue weighted by molar-refractivity contribution is -0.0577. The number of benzene rings is 1. The van der Waals surface area contributed by atoms with Gasteiger partial charge in [0.1, 0.15) is 48.1 Å². The highest BCUT2D eigenvalue weighted by molar-refractivity contribution is 7.66. The van der Waals surface area contributed by atoms with Crippen molar-refractivity contribution in [2.45, 2.75) is 49.1 Å². The maximum absolute atomic E-state index is 13.7. The molecule has 2 aliphatic heterocycles. The van der Waals surface area contributed by atoms with Crippen LogP contribution in [-0.4, -0.2) is 126 Å². The standard InChI is InChI=1S/C27H34N10O20P4/c1-49-20-18(14(8-51-60(45,46)57-61(47,48)56-58(40,41)42)54-26(20)36-10-32-15-21(28)30-9-31-22(15)36)55-59(43,44)50-7-13-17(38)19(52-12-5-3-2-4-6-12)25(53-13)37-11-33-16-23(37)34-27(29)35-24(16)39/h2-6,9-11,13-14,17-20,25-26,38H,7-8H2,1H3,(H,43,44)(H,45,46)(H,47,48)(H2,28,30,31)(H2,40,41,42)(H3,29,34,35,39)/t13-,14-,17-,18-,19-,20-,25-,26-/m1/s1. The zero-order valence-corrected chi connectivity index (χ0v) is 34.2. The Bertz CT molecular complexity index is 2650. The molecule has 1 aromatic carbocycles. The average Bonchev–Trinajstić information content (AvgIpc) is 3.93. The minimum Gasteiger partial charge on any atom is -0.483 e. The minimum absolute atomic E-state index is 0.0498. The van der Waals surface area contributed by atoms with Gasteiger partial charge in [0.25, 0.3) is 5.56 Å². The lowest BCUT2D eigenvalue weighted by Crippen LogP contribution is -2.39. The van der Waals surface area contributed by atoms with Crippen molar-refractivity contribution in [3.63, 3.8) is 0 Å². The molecule has 0 bridgehead atoms. The summed E-state index contributed by atoms with van der Waals surface area (Å²) in [6.45, 7) is -2.06. The van der Waals surface area contributed by atoms with Crippen LogP contribution in [0, 0.1) is 0 Å². The van der Waals surface area contributed by atoms with Crippen LogP contribution in [0.4, 0.5) is 11.8 Å². The Labute approximate surface area is 339 Å². The first-order chi connectivity index (χ1) is 28.6. The number of ether oxygens (including phenoxy) is 4. The predicted octanol–water partition coefficient (Wildman–Crippen LogP) is -0.412. The van der Waals surface area contributed by atoms with E-state index in [4.69, 9.17) is 53.8 Å². The van der Waals surface area contributed by atoms with E-state index < -0.39 is 99.1 Å². The number of nitrogens with two attached hydrogens (primary N) is 2. The number of methoxy groups -OCH3 is 1. The number of phosphoric ester groups is 2. The summed E-state index contributed by atoms with van der Waals surface area (Å²) in [6.07, 6.45) is -8.68. The highest BCUT2D eigenvalue weighted by Crippen LogP contribution is 2.66. The minimum atomic E-state index is -5.95. The summed E-state index contributed by atoms with van der Waals surface area (Å²) in [4.78, 5) is 83.6. The number of hydrogen-bond acceptors (Lipinski definition) is 22. The van der Waals surface area contributed by atoms with Gasteiger partial charge in [0.15, 0.2) is 41.2 Å². The predicted molar refractivity (Wildman–Crippen MR) is 198 cm³/mol. The number of hydrogen-bond donors (Lipinski definition) is 9. The van der Waals surface area contributed by atoms with Crippen LogP contribution in [0.3, 0.4) is 0 Å². The molecular weight excluding hydrogens is 908 g/mol. The van der Waals surface area contributed by atoms with Gasteiger partial charge in [0, 0.05) is 7.11 Å². The van der Waals surface area contributed by atoms with Gasteiger partial charge in [-0.1, -0.05) is 18.2 Å². The number of nitrogens with one attached hydrogen (secondary N) is 1. The van der Waals surface area contributed by atoms with Crippen LogP contribution >= 0.6 is 31.3 Å². The molecule has 2 fully saturated rings. The fourth-order valence-corrected chi connectivity index (χ4v) is 10.3. The van der Waals surface area contributed by atoms with Gasteiger partial charge >= 0.3 is 31.3 Å². The lowest BCUT2D eigenvalue weighted by atomic mass is 10.1. The van der Waals surface area contributed by atoms with E-state index in [9.17, 15) is 42.8 Å². The molecule has 34 heteroatoms. The largest absolute Gasteiger partial charge is 0.490 e. The number of para-hydroxylation sites is 1. The van der Waals surface area contributed by atoms with Crippen LogP contribution in [0.1, 0.15) is 12.5 Å². The number of fused-ring (bicyclic) bond motifs is 2. The SMILES string of the molecule is CO[C@@H]1[C@H](OP(=O)(O)OC[C@H]2O[C@@H](n3cnc4c(=O)[nH]c(N)nc43)[C@H](Oc3ccccc3)[C@@H]2O)[C@@H](COP(=O)(O)OP(=O)(O)OP(=O)(O)O)O[C@H]1n1cnc2c(N)ncnc21. The molecular formula is C27H34N10O20P4. The third-order valence-corrected chi connectivity index (χ3v) is 13.5. The molecule has 0 amide bonds. The second-order valence-corrected chi connectivity index (χ2v) is 18.6. The van der Waals surface area contributed by atoms with Crippen LogP contribution < -0.4 is 21.8 Å². The van der Waals surface area contributed by atoms with E-state index >= 15 is 0 Å². The van der Waals surface area contributed by atoms with Crippen molar-refractivity contribution >= 4 is 65.4 Å². The lowest BCUT2D eigenvalue weighted by Gasteiger charge is -2.26. The second-order valence-electron chi connectivity index (χ2n) is 12.8. The monoisotopic (exact) mass is 942 g/mol. The van der Waals surface area contributed by atoms with Crippen LogP contribution in [0.25, 0.3) is 22.3 Å². The van der Waals surface area contributed by atoms with Crippen LogP contribution in [-0.2, 0) is 54.7 Å². The van der Waals surface area contributed by atoms with E-state index in [1.54, 1.807) is 30.3 Å². The molecule has 332 valence electrons. The first kappa shape index (κ1) is 44.9. The molecule has 11 N–H and O–H groups in total. The van der Waals surface area contributed by atoms with Gasteiger partial charge in [-0.15, -0.1) is 0 Å². The van der Waals surface area contributed by atoms with Gasteiger partial charge in [-0.05, 0) is 12.1 Å². The number of H-pyrrole nitrogens is 1. The van der Waals surface area contributed by atoms with Crippen molar-refractivity contribution < 1.29 is 89.0 Å². The number of aromatic amines is 1. The van der Waals surface area contributed by atoms with Crippen molar-refractivity contribution in [3.8, 4) is 5.75 Å². The van der Waals surface area contributed by atoms with Gasteiger partial charge in [-0.2, -0.15) is 13.6 Å². The van der Waals surface area contributed by atoms with Crippen molar-refractivity contribution in [2.24, 2.45) is 0 Å². The summed E-state index contributed by atoms with van der Waals surface area (Å²) in [5.74, 6) is -0.0367. The van der Waals surface area contributed by atoms with Crippen molar-refractivity contribution in [2.75, 3.05) is 31.8 Å². The molecule has 11 atom stereocenters. The maximum Gasteiger partial charge on any atom is 0.490 e. The highest BCUT2D eigenvalue weighted by atomic mass is 31.3. The van der Waals surface area contributed by atoms with Gasteiger partial charge in [-0.3, -0.25) is 32.5 Å². The van der Waals surface area contributed by atoms with Crippen molar-refractivity contribution in [1.29, 1.82) is 0 Å². The molecule has 2 saturated heterocycles. The Hall–Kier alpha value is -4.12. The summed E-state index contributed by atoms with van der Waals surface area (Å²) >= 11 is 0. The van der Waals surface area contributed by atoms with Crippen LogP contribution in [0.15, 0.2) is 54.1 Å². The summed E-state index contributed by atoms with van der Waals surface area (Å²) in [5.41, 5.74) is 10.9. The van der Waals surface area contributed by atoms with Crippen molar-refractivity contribution in [3.05, 3.63) is 59.7 Å². The summed E-state index contributed by atoms with van der Waals surface area (Å²) in [6, 6.07) is 8.17. The number of imidazole rings is 2. The van der Waals surface area contributed by atoms with E-state index in [0.29, 0.717) is 0 Å².